The Morgan fingerprint density at radius 3 is 1.76 bits per heavy atom. The Balaban J connectivity index is 3.25. The van der Waals surface area contributed by atoms with Crippen LogP contribution in [0.25, 0.3) is 0 Å². The smallest absolute Gasteiger partial charge is 0.0547 e. The molecule has 17 heavy (non-hydrogen) atoms. The van der Waals surface area contributed by atoms with Crippen molar-refractivity contribution in [2.45, 2.75) is 58.2 Å². The zero-order valence-electron chi connectivity index (χ0n) is 11.1. The van der Waals surface area contributed by atoms with Gasteiger partial charge in [-0.3, -0.25) is 0 Å². The van der Waals surface area contributed by atoms with E-state index in [1.807, 2.05) is 0 Å². The summed E-state index contributed by atoms with van der Waals surface area (Å²) in [5.74, 6) is 1.40. The van der Waals surface area contributed by atoms with Crippen molar-refractivity contribution in [3.8, 4) is 0 Å². The molecule has 0 rings (SSSR count). The molecule has 104 valence electrons. The standard InChI is InChI=1S/C13H26Cl2O2/c1-12(6-3-8-14)16-10-4-7-13(2)17-11-5-9-15/h12-13H,3-11H2,1-2H3. The fraction of sp³-hybridized carbons (Fsp3) is 1.00. The summed E-state index contributed by atoms with van der Waals surface area (Å²) in [5, 5.41) is 0. The van der Waals surface area contributed by atoms with E-state index >= 15 is 0 Å². The van der Waals surface area contributed by atoms with Gasteiger partial charge < -0.3 is 9.47 Å². The maximum atomic E-state index is 5.68. The van der Waals surface area contributed by atoms with Crippen LogP contribution >= 0.6 is 23.2 Å². The SMILES string of the molecule is CC(CCCCl)OCCCC(C)OCCCCl. The second-order valence-electron chi connectivity index (χ2n) is 4.38. The first-order chi connectivity index (χ1) is 8.20. The zero-order chi connectivity index (χ0) is 12.9. The topological polar surface area (TPSA) is 18.5 Å². The maximum Gasteiger partial charge on any atom is 0.0547 e. The minimum Gasteiger partial charge on any atom is -0.379 e. The van der Waals surface area contributed by atoms with Crippen LogP contribution in [0.2, 0.25) is 0 Å². The zero-order valence-corrected chi connectivity index (χ0v) is 12.6. The number of rotatable bonds is 12. The summed E-state index contributed by atoms with van der Waals surface area (Å²) in [7, 11) is 0. The van der Waals surface area contributed by atoms with Gasteiger partial charge in [-0.15, -0.1) is 23.2 Å². The fourth-order valence-electron chi connectivity index (χ4n) is 1.53. The van der Waals surface area contributed by atoms with E-state index in [0.717, 1.165) is 51.2 Å². The molecule has 0 saturated carbocycles. The van der Waals surface area contributed by atoms with Gasteiger partial charge in [-0.05, 0) is 46.0 Å². The van der Waals surface area contributed by atoms with E-state index < -0.39 is 0 Å². The Labute approximate surface area is 116 Å². The summed E-state index contributed by atoms with van der Waals surface area (Å²) in [6, 6.07) is 0. The van der Waals surface area contributed by atoms with Crippen LogP contribution in [0.1, 0.15) is 46.0 Å². The Bertz CT molecular complexity index is 156. The predicted molar refractivity (Wildman–Crippen MR) is 75.4 cm³/mol. The van der Waals surface area contributed by atoms with Gasteiger partial charge in [-0.25, -0.2) is 0 Å². The monoisotopic (exact) mass is 284 g/mol. The van der Waals surface area contributed by atoms with Gasteiger partial charge in [0.2, 0.25) is 0 Å². The average molecular weight is 285 g/mol. The van der Waals surface area contributed by atoms with Gasteiger partial charge in [0, 0.05) is 25.0 Å². The molecule has 0 aromatic rings. The number of halogens is 2. The lowest BCUT2D eigenvalue weighted by Gasteiger charge is -2.15. The van der Waals surface area contributed by atoms with E-state index in [1.165, 1.54) is 0 Å². The Morgan fingerprint density at radius 1 is 0.765 bits per heavy atom. The Kier molecular flexibility index (Phi) is 13.3. The first kappa shape index (κ1) is 17.5. The molecule has 0 fully saturated rings. The third-order valence-electron chi connectivity index (χ3n) is 2.58. The molecule has 0 aromatic carbocycles. The molecule has 0 saturated heterocycles. The van der Waals surface area contributed by atoms with Crippen molar-refractivity contribution in [3.05, 3.63) is 0 Å². The van der Waals surface area contributed by atoms with Crippen LogP contribution in [0.3, 0.4) is 0 Å². The molecule has 0 radical (unpaired) electrons. The van der Waals surface area contributed by atoms with Crippen LogP contribution in [0, 0.1) is 0 Å². The van der Waals surface area contributed by atoms with Gasteiger partial charge in [0.25, 0.3) is 0 Å². The molecule has 2 unspecified atom stereocenters. The average Bonchev–Trinajstić information content (AvgIpc) is 2.32. The normalized spacial score (nSPS) is 14.8. The van der Waals surface area contributed by atoms with Crippen molar-refractivity contribution in [1.29, 1.82) is 0 Å². The third kappa shape index (κ3) is 12.7. The Morgan fingerprint density at radius 2 is 1.24 bits per heavy atom. The highest BCUT2D eigenvalue weighted by Gasteiger charge is 2.04. The number of hydrogen-bond donors (Lipinski definition) is 0. The molecular weight excluding hydrogens is 259 g/mol. The molecule has 0 N–H and O–H groups in total. The molecule has 0 heterocycles. The first-order valence-electron chi connectivity index (χ1n) is 6.55. The maximum absolute atomic E-state index is 5.68. The fourth-order valence-corrected chi connectivity index (χ4v) is 1.79. The van der Waals surface area contributed by atoms with Gasteiger partial charge in [-0.1, -0.05) is 0 Å². The molecule has 0 spiro atoms. The molecule has 4 heteroatoms. The highest BCUT2D eigenvalue weighted by Crippen LogP contribution is 2.06. The largest absolute Gasteiger partial charge is 0.379 e. The van der Waals surface area contributed by atoms with Gasteiger partial charge in [0.1, 0.15) is 0 Å². The molecule has 0 bridgehead atoms. The highest BCUT2D eigenvalue weighted by atomic mass is 35.5. The number of alkyl halides is 2. The van der Waals surface area contributed by atoms with E-state index in [4.69, 9.17) is 32.7 Å². The minimum atomic E-state index is 0.306. The highest BCUT2D eigenvalue weighted by molar-refractivity contribution is 6.18. The summed E-state index contributed by atoms with van der Waals surface area (Å²) in [5.41, 5.74) is 0. The minimum absolute atomic E-state index is 0.306. The summed E-state index contributed by atoms with van der Waals surface area (Å²) in [6.07, 6.45) is 5.72. The first-order valence-corrected chi connectivity index (χ1v) is 7.62. The predicted octanol–water partition coefficient (Wildman–Crippen LogP) is 4.22. The van der Waals surface area contributed by atoms with Crippen LogP contribution in [-0.4, -0.2) is 37.2 Å². The molecule has 2 atom stereocenters. The van der Waals surface area contributed by atoms with Gasteiger partial charge >= 0.3 is 0 Å². The lowest BCUT2D eigenvalue weighted by Crippen LogP contribution is -2.13. The van der Waals surface area contributed by atoms with Gasteiger partial charge in [0.15, 0.2) is 0 Å². The summed E-state index contributed by atoms with van der Waals surface area (Å²) < 4.78 is 11.3. The molecule has 0 aromatic heterocycles. The van der Waals surface area contributed by atoms with E-state index in [0.29, 0.717) is 18.1 Å². The Hall–Kier alpha value is 0.500. The van der Waals surface area contributed by atoms with Crippen molar-refractivity contribution in [3.63, 3.8) is 0 Å². The van der Waals surface area contributed by atoms with E-state index in [-0.39, 0.29) is 0 Å². The third-order valence-corrected chi connectivity index (χ3v) is 3.12. The van der Waals surface area contributed by atoms with Crippen LogP contribution in [-0.2, 0) is 9.47 Å². The molecular formula is C13H26Cl2O2. The van der Waals surface area contributed by atoms with E-state index in [9.17, 15) is 0 Å². The van der Waals surface area contributed by atoms with Crippen molar-refractivity contribution in [1.82, 2.24) is 0 Å². The van der Waals surface area contributed by atoms with Crippen LogP contribution in [0.5, 0.6) is 0 Å². The van der Waals surface area contributed by atoms with E-state index in [2.05, 4.69) is 13.8 Å². The van der Waals surface area contributed by atoms with Crippen LogP contribution < -0.4 is 0 Å². The quantitative estimate of drug-likeness (QED) is 0.395. The van der Waals surface area contributed by atoms with Crippen LogP contribution in [0.4, 0.5) is 0 Å². The lowest BCUT2D eigenvalue weighted by atomic mass is 10.2. The van der Waals surface area contributed by atoms with Gasteiger partial charge in [0.05, 0.1) is 12.2 Å². The second-order valence-corrected chi connectivity index (χ2v) is 5.13. The van der Waals surface area contributed by atoms with Crippen LogP contribution in [0.15, 0.2) is 0 Å². The van der Waals surface area contributed by atoms with E-state index in [1.54, 1.807) is 0 Å². The summed E-state index contributed by atoms with van der Waals surface area (Å²) in [6.45, 7) is 5.78. The summed E-state index contributed by atoms with van der Waals surface area (Å²) >= 11 is 11.2. The van der Waals surface area contributed by atoms with Crippen molar-refractivity contribution in [2.24, 2.45) is 0 Å². The summed E-state index contributed by atoms with van der Waals surface area (Å²) in [4.78, 5) is 0. The molecule has 2 nitrogen and oxygen atoms in total. The molecule has 0 aliphatic heterocycles. The lowest BCUT2D eigenvalue weighted by molar-refractivity contribution is 0.0313. The number of hydrogen-bond acceptors (Lipinski definition) is 2. The van der Waals surface area contributed by atoms with Gasteiger partial charge in [-0.2, -0.15) is 0 Å². The van der Waals surface area contributed by atoms with Crippen molar-refractivity contribution >= 4 is 23.2 Å². The molecule has 0 aliphatic rings. The second kappa shape index (κ2) is 12.9. The molecule has 0 aliphatic carbocycles. The van der Waals surface area contributed by atoms with Crippen molar-refractivity contribution < 1.29 is 9.47 Å². The van der Waals surface area contributed by atoms with Crippen molar-refractivity contribution in [2.75, 3.05) is 25.0 Å². The number of ether oxygens (including phenoxy) is 2. The molecule has 0 amide bonds.